The molecule has 1 saturated heterocycles. The van der Waals surface area contributed by atoms with Gasteiger partial charge in [0.05, 0.1) is 6.04 Å². The van der Waals surface area contributed by atoms with E-state index < -0.39 is 0 Å². The van der Waals surface area contributed by atoms with Crippen LogP contribution in [0.15, 0.2) is 24.3 Å². The molecule has 1 aliphatic heterocycles. The van der Waals surface area contributed by atoms with Gasteiger partial charge in [0.15, 0.2) is 0 Å². The van der Waals surface area contributed by atoms with E-state index in [-0.39, 0.29) is 17.8 Å². The number of hydrogen-bond donors (Lipinski definition) is 1. The Morgan fingerprint density at radius 3 is 2.74 bits per heavy atom. The molecular formula is C15H21FN2O. The van der Waals surface area contributed by atoms with Crippen LogP contribution in [0.3, 0.4) is 0 Å². The Kier molecular flexibility index (Phi) is 4.53. The van der Waals surface area contributed by atoms with Crippen molar-refractivity contribution in [2.75, 3.05) is 18.4 Å². The third kappa shape index (κ3) is 3.77. The van der Waals surface area contributed by atoms with E-state index >= 15 is 0 Å². The van der Waals surface area contributed by atoms with Gasteiger partial charge in [-0.1, -0.05) is 13.0 Å². The fourth-order valence-corrected chi connectivity index (χ4v) is 2.39. The molecule has 1 aromatic rings. The average molecular weight is 264 g/mol. The van der Waals surface area contributed by atoms with Crippen molar-refractivity contribution in [3.63, 3.8) is 0 Å². The lowest BCUT2D eigenvalue weighted by Crippen LogP contribution is -2.45. The lowest BCUT2D eigenvalue weighted by Gasteiger charge is -2.34. The van der Waals surface area contributed by atoms with Gasteiger partial charge in [0.2, 0.25) is 5.91 Å². The molecule has 0 saturated carbocycles. The summed E-state index contributed by atoms with van der Waals surface area (Å²) < 4.78 is 13.1. The van der Waals surface area contributed by atoms with Gasteiger partial charge in [0.1, 0.15) is 5.82 Å². The van der Waals surface area contributed by atoms with Crippen molar-refractivity contribution in [2.45, 2.75) is 32.7 Å². The van der Waals surface area contributed by atoms with Gasteiger partial charge in [0, 0.05) is 5.69 Å². The zero-order valence-corrected chi connectivity index (χ0v) is 11.5. The van der Waals surface area contributed by atoms with Gasteiger partial charge in [-0.2, -0.15) is 0 Å². The molecule has 1 atom stereocenters. The quantitative estimate of drug-likeness (QED) is 0.910. The lowest BCUT2D eigenvalue weighted by atomic mass is 9.98. The van der Waals surface area contributed by atoms with Crippen LogP contribution in [-0.4, -0.2) is 29.9 Å². The van der Waals surface area contributed by atoms with Gasteiger partial charge < -0.3 is 5.32 Å². The summed E-state index contributed by atoms with van der Waals surface area (Å²) in [7, 11) is 0. The first-order valence-corrected chi connectivity index (χ1v) is 6.87. The average Bonchev–Trinajstić information content (AvgIpc) is 2.39. The smallest absolute Gasteiger partial charge is 0.241 e. The second kappa shape index (κ2) is 6.15. The fraction of sp³-hybridized carbons (Fsp3) is 0.533. The molecular weight excluding hydrogens is 243 g/mol. The van der Waals surface area contributed by atoms with Gasteiger partial charge in [0.25, 0.3) is 0 Å². The number of nitrogens with zero attached hydrogens (tertiary/aromatic N) is 1. The fourth-order valence-electron chi connectivity index (χ4n) is 2.39. The van der Waals surface area contributed by atoms with Crippen LogP contribution >= 0.6 is 0 Å². The Bertz CT molecular complexity index is 442. The molecule has 3 nitrogen and oxygen atoms in total. The number of rotatable bonds is 3. The monoisotopic (exact) mass is 264 g/mol. The zero-order chi connectivity index (χ0) is 13.8. The van der Waals surface area contributed by atoms with Crippen LogP contribution in [-0.2, 0) is 4.79 Å². The highest BCUT2D eigenvalue weighted by molar-refractivity contribution is 5.94. The van der Waals surface area contributed by atoms with E-state index in [0.717, 1.165) is 31.8 Å². The zero-order valence-electron chi connectivity index (χ0n) is 11.5. The van der Waals surface area contributed by atoms with Crippen molar-refractivity contribution in [1.29, 1.82) is 0 Å². The second-order valence-electron chi connectivity index (χ2n) is 5.39. The molecule has 0 aliphatic carbocycles. The molecule has 1 aromatic carbocycles. The van der Waals surface area contributed by atoms with E-state index in [0.29, 0.717) is 5.69 Å². The van der Waals surface area contributed by atoms with Gasteiger partial charge >= 0.3 is 0 Å². The van der Waals surface area contributed by atoms with Gasteiger partial charge in [-0.15, -0.1) is 0 Å². The van der Waals surface area contributed by atoms with Crippen LogP contribution in [0.2, 0.25) is 0 Å². The predicted octanol–water partition coefficient (Wildman–Crippen LogP) is 2.88. The summed E-state index contributed by atoms with van der Waals surface area (Å²) in [6, 6.07) is 5.83. The third-order valence-corrected chi connectivity index (χ3v) is 3.84. The third-order valence-electron chi connectivity index (χ3n) is 3.84. The predicted molar refractivity (Wildman–Crippen MR) is 74.5 cm³/mol. The van der Waals surface area contributed by atoms with Crippen molar-refractivity contribution in [3.05, 3.63) is 30.1 Å². The molecule has 0 bridgehead atoms. The molecule has 1 fully saturated rings. The minimum atomic E-state index is -0.336. The number of nitrogens with one attached hydrogen (secondary N) is 1. The first-order valence-electron chi connectivity index (χ1n) is 6.87. The minimum Gasteiger partial charge on any atom is -0.325 e. The summed E-state index contributed by atoms with van der Waals surface area (Å²) in [6.07, 6.45) is 2.27. The molecule has 0 radical (unpaired) electrons. The molecule has 1 N–H and O–H groups in total. The summed E-state index contributed by atoms with van der Waals surface area (Å²) in [6.45, 7) is 6.07. The highest BCUT2D eigenvalue weighted by atomic mass is 19.1. The maximum atomic E-state index is 13.1. The molecule has 0 spiro atoms. The SMILES string of the molecule is CC1CCN([C@H](C)C(=O)Nc2cccc(F)c2)CC1. The number of anilines is 1. The Morgan fingerprint density at radius 1 is 1.42 bits per heavy atom. The number of hydrogen-bond acceptors (Lipinski definition) is 2. The maximum absolute atomic E-state index is 13.1. The van der Waals surface area contributed by atoms with Gasteiger partial charge in [-0.05, 0) is 57.0 Å². The van der Waals surface area contributed by atoms with Crippen molar-refractivity contribution in [3.8, 4) is 0 Å². The summed E-state index contributed by atoms with van der Waals surface area (Å²) in [5.41, 5.74) is 0.516. The van der Waals surface area contributed by atoms with Crippen LogP contribution in [0, 0.1) is 11.7 Å². The maximum Gasteiger partial charge on any atom is 0.241 e. The van der Waals surface area contributed by atoms with Crippen molar-refractivity contribution >= 4 is 11.6 Å². The number of piperidine rings is 1. The highest BCUT2D eigenvalue weighted by Crippen LogP contribution is 2.19. The van der Waals surface area contributed by atoms with Gasteiger partial charge in [-0.3, -0.25) is 9.69 Å². The van der Waals surface area contributed by atoms with Crippen LogP contribution in [0.5, 0.6) is 0 Å². The van der Waals surface area contributed by atoms with E-state index in [2.05, 4.69) is 17.1 Å². The Hall–Kier alpha value is -1.42. The number of likely N-dealkylation sites (tertiary alicyclic amines) is 1. The van der Waals surface area contributed by atoms with E-state index in [1.165, 1.54) is 12.1 Å². The van der Waals surface area contributed by atoms with Crippen LogP contribution in [0.4, 0.5) is 10.1 Å². The molecule has 19 heavy (non-hydrogen) atoms. The number of halogens is 1. The number of carbonyl (C=O) groups excluding carboxylic acids is 1. The molecule has 1 aliphatic rings. The van der Waals surface area contributed by atoms with E-state index in [4.69, 9.17) is 0 Å². The molecule has 1 heterocycles. The standard InChI is InChI=1S/C15H21FN2O/c1-11-6-8-18(9-7-11)12(2)15(19)17-14-5-3-4-13(16)10-14/h3-5,10-12H,6-9H2,1-2H3,(H,17,19)/t12-/m1/s1. The first kappa shape index (κ1) is 14.0. The van der Waals surface area contributed by atoms with Crippen molar-refractivity contribution in [2.24, 2.45) is 5.92 Å². The lowest BCUT2D eigenvalue weighted by molar-refractivity contribution is -0.121. The summed E-state index contributed by atoms with van der Waals surface area (Å²) in [5.74, 6) is 0.340. The van der Waals surface area contributed by atoms with E-state index in [9.17, 15) is 9.18 Å². The number of carbonyl (C=O) groups is 1. The normalized spacial score (nSPS) is 19.1. The Balaban J connectivity index is 1.92. The molecule has 104 valence electrons. The molecule has 0 aromatic heterocycles. The molecule has 1 amide bonds. The van der Waals surface area contributed by atoms with Crippen molar-refractivity contribution in [1.82, 2.24) is 4.90 Å². The Morgan fingerprint density at radius 2 is 2.11 bits per heavy atom. The molecule has 0 unspecified atom stereocenters. The summed E-state index contributed by atoms with van der Waals surface area (Å²) in [5, 5.41) is 2.77. The topological polar surface area (TPSA) is 32.3 Å². The summed E-state index contributed by atoms with van der Waals surface area (Å²) >= 11 is 0. The minimum absolute atomic E-state index is 0.0693. The van der Waals surface area contributed by atoms with E-state index in [1.54, 1.807) is 12.1 Å². The Labute approximate surface area is 113 Å². The summed E-state index contributed by atoms with van der Waals surface area (Å²) in [4.78, 5) is 14.3. The number of benzene rings is 1. The van der Waals surface area contributed by atoms with Crippen LogP contribution in [0.1, 0.15) is 26.7 Å². The van der Waals surface area contributed by atoms with Crippen molar-refractivity contribution < 1.29 is 9.18 Å². The highest BCUT2D eigenvalue weighted by Gasteiger charge is 2.24. The van der Waals surface area contributed by atoms with Gasteiger partial charge in [-0.25, -0.2) is 4.39 Å². The van der Waals surface area contributed by atoms with Crippen LogP contribution in [0.25, 0.3) is 0 Å². The molecule has 4 heteroatoms. The largest absolute Gasteiger partial charge is 0.325 e. The van der Waals surface area contributed by atoms with E-state index in [1.807, 2.05) is 6.92 Å². The second-order valence-corrected chi connectivity index (χ2v) is 5.39. The van der Waals surface area contributed by atoms with Crippen LogP contribution < -0.4 is 5.32 Å². The molecule has 2 rings (SSSR count). The number of amides is 1. The first-order chi connectivity index (χ1) is 9.06.